The Kier molecular flexibility index (Phi) is 5.21. The average molecular weight is 253 g/mol. The quantitative estimate of drug-likeness (QED) is 0.677. The van der Waals surface area contributed by atoms with E-state index in [0.29, 0.717) is 5.92 Å². The van der Waals surface area contributed by atoms with Gasteiger partial charge in [0.2, 0.25) is 0 Å². The first kappa shape index (κ1) is 13.9. The molecule has 0 amide bonds. The molecule has 0 spiro atoms. The van der Waals surface area contributed by atoms with Crippen LogP contribution in [-0.2, 0) is 0 Å². The summed E-state index contributed by atoms with van der Waals surface area (Å²) in [5.74, 6) is 1.64. The van der Waals surface area contributed by atoms with E-state index in [1.807, 2.05) is 12.1 Å². The highest BCUT2D eigenvalue weighted by molar-refractivity contribution is 5.33. The van der Waals surface area contributed by atoms with E-state index >= 15 is 0 Å². The lowest BCUT2D eigenvalue weighted by atomic mass is 9.77. The van der Waals surface area contributed by atoms with Crippen molar-refractivity contribution < 1.29 is 0 Å². The van der Waals surface area contributed by atoms with Crippen molar-refractivity contribution in [2.24, 2.45) is 5.92 Å². The summed E-state index contributed by atoms with van der Waals surface area (Å²) in [4.78, 5) is 0. The van der Waals surface area contributed by atoms with E-state index in [4.69, 9.17) is 5.26 Å². The second-order valence-electron chi connectivity index (χ2n) is 5.60. The van der Waals surface area contributed by atoms with Crippen LogP contribution in [0.4, 0.5) is 0 Å². The van der Waals surface area contributed by atoms with E-state index in [1.54, 1.807) is 0 Å². The molecule has 1 fully saturated rings. The molecular formula is C18H23N. The summed E-state index contributed by atoms with van der Waals surface area (Å²) < 4.78 is 0. The molecule has 2 rings (SSSR count). The molecular weight excluding hydrogens is 230 g/mol. The molecule has 0 aliphatic heterocycles. The predicted octanol–water partition coefficient (Wildman–Crippen LogP) is 5.19. The van der Waals surface area contributed by atoms with Crippen molar-refractivity contribution in [3.63, 3.8) is 0 Å². The molecule has 0 saturated heterocycles. The normalized spacial score (nSPS) is 23.4. The van der Waals surface area contributed by atoms with Gasteiger partial charge in [-0.3, -0.25) is 0 Å². The topological polar surface area (TPSA) is 23.8 Å². The summed E-state index contributed by atoms with van der Waals surface area (Å²) in [6.45, 7) is 2.10. The molecule has 1 aliphatic carbocycles. The monoisotopic (exact) mass is 253 g/mol. The largest absolute Gasteiger partial charge is 0.192 e. The van der Waals surface area contributed by atoms with Crippen LogP contribution in [0.15, 0.2) is 36.4 Å². The van der Waals surface area contributed by atoms with Gasteiger partial charge in [-0.1, -0.05) is 24.3 Å². The van der Waals surface area contributed by atoms with Gasteiger partial charge in [-0.2, -0.15) is 5.26 Å². The Morgan fingerprint density at radius 2 is 1.84 bits per heavy atom. The van der Waals surface area contributed by atoms with Crippen molar-refractivity contribution in [2.75, 3.05) is 0 Å². The van der Waals surface area contributed by atoms with E-state index in [-0.39, 0.29) is 0 Å². The maximum absolute atomic E-state index is 8.82. The van der Waals surface area contributed by atoms with Crippen molar-refractivity contribution in [1.82, 2.24) is 0 Å². The first-order valence-corrected chi connectivity index (χ1v) is 7.44. The fourth-order valence-electron chi connectivity index (χ4n) is 3.11. The third-order valence-corrected chi connectivity index (χ3v) is 4.34. The van der Waals surface area contributed by atoms with Gasteiger partial charge in [0, 0.05) is 0 Å². The molecule has 1 aromatic carbocycles. The highest BCUT2D eigenvalue weighted by atomic mass is 14.3. The van der Waals surface area contributed by atoms with Crippen molar-refractivity contribution in [3.05, 3.63) is 47.5 Å². The summed E-state index contributed by atoms with van der Waals surface area (Å²) in [6, 6.07) is 10.4. The van der Waals surface area contributed by atoms with E-state index < -0.39 is 0 Å². The molecule has 0 aromatic heterocycles. The zero-order chi connectivity index (χ0) is 13.5. The molecule has 1 aliphatic rings. The second kappa shape index (κ2) is 7.14. The first-order valence-electron chi connectivity index (χ1n) is 7.44. The van der Waals surface area contributed by atoms with Crippen LogP contribution in [0.1, 0.15) is 62.5 Å². The van der Waals surface area contributed by atoms with Crippen LogP contribution in [0, 0.1) is 17.2 Å². The summed E-state index contributed by atoms with van der Waals surface area (Å²) in [7, 11) is 0. The Bertz CT molecular complexity index is 442. The molecule has 19 heavy (non-hydrogen) atoms. The summed E-state index contributed by atoms with van der Waals surface area (Å²) in [6.07, 6.45) is 12.4. The Hall–Kier alpha value is -1.55. The van der Waals surface area contributed by atoms with Crippen LogP contribution in [0.2, 0.25) is 0 Å². The molecule has 1 saturated carbocycles. The third kappa shape index (κ3) is 3.96. The first-order chi connectivity index (χ1) is 9.33. The fraction of sp³-hybridized carbons (Fsp3) is 0.500. The SMILES string of the molecule is CC=CCC[C@H]1CC[C@H](c2ccc(C#N)cc2)CC1. The minimum absolute atomic E-state index is 0.714. The van der Waals surface area contributed by atoms with E-state index in [0.717, 1.165) is 11.5 Å². The van der Waals surface area contributed by atoms with Crippen LogP contribution < -0.4 is 0 Å². The fourth-order valence-corrected chi connectivity index (χ4v) is 3.11. The molecule has 0 unspecified atom stereocenters. The van der Waals surface area contributed by atoms with Gasteiger partial charge in [-0.05, 0) is 75.0 Å². The maximum atomic E-state index is 8.82. The van der Waals surface area contributed by atoms with E-state index in [2.05, 4.69) is 37.3 Å². The molecule has 0 bridgehead atoms. The van der Waals surface area contributed by atoms with Crippen molar-refractivity contribution in [2.45, 2.75) is 51.4 Å². The van der Waals surface area contributed by atoms with Crippen LogP contribution in [0.3, 0.4) is 0 Å². The molecule has 1 aromatic rings. The lowest BCUT2D eigenvalue weighted by Crippen LogP contribution is -2.13. The lowest BCUT2D eigenvalue weighted by Gasteiger charge is -2.28. The van der Waals surface area contributed by atoms with Crippen LogP contribution in [-0.4, -0.2) is 0 Å². The van der Waals surface area contributed by atoms with Gasteiger partial charge < -0.3 is 0 Å². The van der Waals surface area contributed by atoms with Crippen molar-refractivity contribution in [3.8, 4) is 6.07 Å². The maximum Gasteiger partial charge on any atom is 0.0991 e. The van der Waals surface area contributed by atoms with Gasteiger partial charge in [0.05, 0.1) is 11.6 Å². The Labute approximate surface area is 117 Å². The van der Waals surface area contributed by atoms with Gasteiger partial charge in [0.15, 0.2) is 0 Å². The number of hydrogen-bond donors (Lipinski definition) is 0. The van der Waals surface area contributed by atoms with Crippen molar-refractivity contribution >= 4 is 0 Å². The van der Waals surface area contributed by atoms with Gasteiger partial charge >= 0.3 is 0 Å². The van der Waals surface area contributed by atoms with Crippen LogP contribution in [0.5, 0.6) is 0 Å². The Balaban J connectivity index is 1.83. The molecule has 1 heteroatoms. The number of rotatable bonds is 4. The number of hydrogen-bond acceptors (Lipinski definition) is 1. The molecule has 100 valence electrons. The molecule has 0 radical (unpaired) electrons. The molecule has 0 heterocycles. The highest BCUT2D eigenvalue weighted by Crippen LogP contribution is 2.37. The van der Waals surface area contributed by atoms with Gasteiger partial charge in [-0.15, -0.1) is 0 Å². The van der Waals surface area contributed by atoms with Gasteiger partial charge in [-0.25, -0.2) is 0 Å². The zero-order valence-corrected chi connectivity index (χ0v) is 11.8. The summed E-state index contributed by atoms with van der Waals surface area (Å²) >= 11 is 0. The summed E-state index contributed by atoms with van der Waals surface area (Å²) in [5, 5.41) is 8.82. The van der Waals surface area contributed by atoms with Crippen LogP contribution in [0.25, 0.3) is 0 Å². The van der Waals surface area contributed by atoms with E-state index in [9.17, 15) is 0 Å². The molecule has 1 nitrogen and oxygen atoms in total. The Morgan fingerprint density at radius 1 is 1.16 bits per heavy atom. The standard InChI is InChI=1S/C18H23N/c1-2-3-4-5-15-6-10-17(11-7-15)18-12-8-16(14-19)9-13-18/h2-3,8-9,12-13,15,17H,4-7,10-11H2,1H3/t15-,17-. The minimum atomic E-state index is 0.714. The predicted molar refractivity (Wildman–Crippen MR) is 79.9 cm³/mol. The molecule has 0 atom stereocenters. The number of nitriles is 1. The minimum Gasteiger partial charge on any atom is -0.192 e. The highest BCUT2D eigenvalue weighted by Gasteiger charge is 2.21. The molecule has 0 N–H and O–H groups in total. The lowest BCUT2D eigenvalue weighted by molar-refractivity contribution is 0.312. The van der Waals surface area contributed by atoms with Gasteiger partial charge in [0.25, 0.3) is 0 Å². The third-order valence-electron chi connectivity index (χ3n) is 4.34. The number of nitrogens with zero attached hydrogens (tertiary/aromatic N) is 1. The number of allylic oxidation sites excluding steroid dienone is 2. The Morgan fingerprint density at radius 3 is 2.42 bits per heavy atom. The zero-order valence-electron chi connectivity index (χ0n) is 11.8. The van der Waals surface area contributed by atoms with Crippen LogP contribution >= 0.6 is 0 Å². The number of benzene rings is 1. The average Bonchev–Trinajstić information content (AvgIpc) is 2.48. The second-order valence-corrected chi connectivity index (χ2v) is 5.60. The smallest absolute Gasteiger partial charge is 0.0991 e. The summed E-state index contributed by atoms with van der Waals surface area (Å²) in [5.41, 5.74) is 2.19. The van der Waals surface area contributed by atoms with Crippen molar-refractivity contribution in [1.29, 1.82) is 5.26 Å². The van der Waals surface area contributed by atoms with Gasteiger partial charge in [0.1, 0.15) is 0 Å². The van der Waals surface area contributed by atoms with E-state index in [1.165, 1.54) is 44.1 Å².